The molecule has 2 amide bonds. The fourth-order valence-electron chi connectivity index (χ4n) is 1.51. The van der Waals surface area contributed by atoms with E-state index in [1.165, 1.54) is 6.92 Å². The van der Waals surface area contributed by atoms with E-state index in [0.717, 1.165) is 11.3 Å². The number of rotatable bonds is 6. The first-order valence-corrected chi connectivity index (χ1v) is 6.34. The molecule has 0 radical (unpaired) electrons. The molecule has 5 heteroatoms. The summed E-state index contributed by atoms with van der Waals surface area (Å²) in [4.78, 5) is 22.5. The van der Waals surface area contributed by atoms with Gasteiger partial charge in [0.2, 0.25) is 11.8 Å². The number of nitrogens with one attached hydrogen (secondary N) is 3. The first-order chi connectivity index (χ1) is 8.99. The molecule has 0 heterocycles. The average molecular weight is 263 g/mol. The molecule has 0 saturated heterocycles. The highest BCUT2D eigenvalue weighted by atomic mass is 16.2. The largest absolute Gasteiger partial charge is 0.355 e. The Balaban J connectivity index is 2.32. The van der Waals surface area contributed by atoms with Gasteiger partial charge in [0.15, 0.2) is 0 Å². The molecule has 0 aliphatic heterocycles. The van der Waals surface area contributed by atoms with Gasteiger partial charge in [0.05, 0.1) is 6.04 Å². The SMILES string of the molecule is CC(=O)NCCN[C@@H](C)C(=O)Nc1ccc(C)cc1. The lowest BCUT2D eigenvalue weighted by atomic mass is 10.2. The maximum absolute atomic E-state index is 11.9. The molecule has 0 aliphatic rings. The van der Waals surface area contributed by atoms with Gasteiger partial charge in [-0.1, -0.05) is 17.7 Å². The lowest BCUT2D eigenvalue weighted by Crippen LogP contribution is -2.41. The summed E-state index contributed by atoms with van der Waals surface area (Å²) < 4.78 is 0. The second kappa shape index (κ2) is 7.53. The number of carbonyl (C=O) groups excluding carboxylic acids is 2. The van der Waals surface area contributed by atoms with Crippen molar-refractivity contribution >= 4 is 17.5 Å². The number of hydrogen-bond acceptors (Lipinski definition) is 3. The van der Waals surface area contributed by atoms with Crippen molar-refractivity contribution in [2.45, 2.75) is 26.8 Å². The predicted molar refractivity (Wildman–Crippen MR) is 76.0 cm³/mol. The molecular weight excluding hydrogens is 242 g/mol. The Morgan fingerprint density at radius 3 is 2.37 bits per heavy atom. The van der Waals surface area contributed by atoms with Gasteiger partial charge in [0, 0.05) is 25.7 Å². The molecule has 3 N–H and O–H groups in total. The van der Waals surface area contributed by atoms with Crippen molar-refractivity contribution < 1.29 is 9.59 Å². The number of benzene rings is 1. The smallest absolute Gasteiger partial charge is 0.241 e. The zero-order valence-electron chi connectivity index (χ0n) is 11.6. The lowest BCUT2D eigenvalue weighted by molar-refractivity contribution is -0.118. The van der Waals surface area contributed by atoms with Crippen LogP contribution in [0.15, 0.2) is 24.3 Å². The molecule has 0 spiro atoms. The second-order valence-corrected chi connectivity index (χ2v) is 4.51. The summed E-state index contributed by atoms with van der Waals surface area (Å²) in [7, 11) is 0. The summed E-state index contributed by atoms with van der Waals surface area (Å²) in [6.07, 6.45) is 0. The van der Waals surface area contributed by atoms with E-state index in [9.17, 15) is 9.59 Å². The Kier molecular flexibility index (Phi) is 6.02. The maximum Gasteiger partial charge on any atom is 0.241 e. The van der Waals surface area contributed by atoms with E-state index in [1.54, 1.807) is 6.92 Å². The standard InChI is InChI=1S/C14H21N3O2/c1-10-4-6-13(7-5-10)17-14(19)11(2)15-8-9-16-12(3)18/h4-7,11,15H,8-9H2,1-3H3,(H,16,18)(H,17,19)/t11-/m0/s1. The molecule has 0 fully saturated rings. The summed E-state index contributed by atoms with van der Waals surface area (Å²) >= 11 is 0. The maximum atomic E-state index is 11.9. The quantitative estimate of drug-likeness (QED) is 0.672. The third kappa shape index (κ3) is 6.01. The van der Waals surface area contributed by atoms with Crippen molar-refractivity contribution in [2.24, 2.45) is 0 Å². The number of anilines is 1. The van der Waals surface area contributed by atoms with Gasteiger partial charge in [0.1, 0.15) is 0 Å². The van der Waals surface area contributed by atoms with E-state index in [-0.39, 0.29) is 17.9 Å². The topological polar surface area (TPSA) is 70.2 Å². The van der Waals surface area contributed by atoms with E-state index >= 15 is 0 Å². The molecule has 0 aliphatic carbocycles. The van der Waals surface area contributed by atoms with Crippen LogP contribution in [0.2, 0.25) is 0 Å². The molecule has 19 heavy (non-hydrogen) atoms. The van der Waals surface area contributed by atoms with Gasteiger partial charge in [-0.2, -0.15) is 0 Å². The Labute approximate surface area is 113 Å². The second-order valence-electron chi connectivity index (χ2n) is 4.51. The van der Waals surface area contributed by atoms with Crippen LogP contribution in [0.4, 0.5) is 5.69 Å². The van der Waals surface area contributed by atoms with Crippen LogP contribution in [-0.2, 0) is 9.59 Å². The molecule has 0 saturated carbocycles. The first kappa shape index (κ1) is 15.2. The van der Waals surface area contributed by atoms with Crippen LogP contribution in [0.5, 0.6) is 0 Å². The molecule has 1 aromatic carbocycles. The fraction of sp³-hybridized carbons (Fsp3) is 0.429. The highest BCUT2D eigenvalue weighted by Gasteiger charge is 2.11. The van der Waals surface area contributed by atoms with Gasteiger partial charge >= 0.3 is 0 Å². The van der Waals surface area contributed by atoms with E-state index < -0.39 is 0 Å². The van der Waals surface area contributed by atoms with E-state index in [0.29, 0.717) is 13.1 Å². The lowest BCUT2D eigenvalue weighted by Gasteiger charge is -2.14. The van der Waals surface area contributed by atoms with Gasteiger partial charge < -0.3 is 16.0 Å². The van der Waals surface area contributed by atoms with E-state index in [4.69, 9.17) is 0 Å². The van der Waals surface area contributed by atoms with Crippen LogP contribution >= 0.6 is 0 Å². The van der Waals surface area contributed by atoms with Gasteiger partial charge in [-0.3, -0.25) is 9.59 Å². The highest BCUT2D eigenvalue weighted by Crippen LogP contribution is 2.08. The summed E-state index contributed by atoms with van der Waals surface area (Å²) in [6, 6.07) is 7.33. The minimum atomic E-state index is -0.310. The van der Waals surface area contributed by atoms with Crippen molar-refractivity contribution in [1.82, 2.24) is 10.6 Å². The monoisotopic (exact) mass is 263 g/mol. The first-order valence-electron chi connectivity index (χ1n) is 6.34. The number of aryl methyl sites for hydroxylation is 1. The van der Waals surface area contributed by atoms with E-state index in [2.05, 4.69) is 16.0 Å². The van der Waals surface area contributed by atoms with Gasteiger partial charge in [-0.15, -0.1) is 0 Å². The zero-order valence-corrected chi connectivity index (χ0v) is 11.6. The average Bonchev–Trinajstić information content (AvgIpc) is 2.36. The Bertz CT molecular complexity index is 429. The van der Waals surface area contributed by atoms with Gasteiger partial charge in [0.25, 0.3) is 0 Å². The Morgan fingerprint density at radius 1 is 1.16 bits per heavy atom. The van der Waals surface area contributed by atoms with Crippen LogP contribution in [-0.4, -0.2) is 30.9 Å². The molecule has 1 atom stereocenters. The van der Waals surface area contributed by atoms with Gasteiger partial charge in [-0.25, -0.2) is 0 Å². The molecule has 0 bridgehead atoms. The third-order valence-corrected chi connectivity index (χ3v) is 2.66. The van der Waals surface area contributed by atoms with Crippen LogP contribution in [0.25, 0.3) is 0 Å². The third-order valence-electron chi connectivity index (χ3n) is 2.66. The summed E-state index contributed by atoms with van der Waals surface area (Å²) in [5.74, 6) is -0.162. The molecule has 1 rings (SSSR count). The van der Waals surface area contributed by atoms with Crippen LogP contribution < -0.4 is 16.0 Å². The number of amides is 2. The fourth-order valence-corrected chi connectivity index (χ4v) is 1.51. The number of carbonyl (C=O) groups is 2. The van der Waals surface area contributed by atoms with Crippen LogP contribution in [0, 0.1) is 6.92 Å². The minimum absolute atomic E-state index is 0.0708. The van der Waals surface area contributed by atoms with Gasteiger partial charge in [-0.05, 0) is 26.0 Å². The van der Waals surface area contributed by atoms with E-state index in [1.807, 2.05) is 31.2 Å². The van der Waals surface area contributed by atoms with Crippen molar-refractivity contribution in [1.29, 1.82) is 0 Å². The highest BCUT2D eigenvalue weighted by molar-refractivity contribution is 5.94. The number of hydrogen-bond donors (Lipinski definition) is 3. The zero-order chi connectivity index (χ0) is 14.3. The minimum Gasteiger partial charge on any atom is -0.355 e. The molecule has 1 aromatic rings. The Morgan fingerprint density at radius 2 is 1.79 bits per heavy atom. The predicted octanol–water partition coefficient (Wildman–Crippen LogP) is 1.05. The van der Waals surface area contributed by atoms with Crippen molar-refractivity contribution in [3.8, 4) is 0 Å². The molecule has 0 aromatic heterocycles. The summed E-state index contributed by atoms with van der Waals surface area (Å²) in [5.41, 5.74) is 1.94. The van der Waals surface area contributed by atoms with Crippen LogP contribution in [0.1, 0.15) is 19.4 Å². The van der Waals surface area contributed by atoms with Crippen LogP contribution in [0.3, 0.4) is 0 Å². The van der Waals surface area contributed by atoms with Crippen molar-refractivity contribution in [3.63, 3.8) is 0 Å². The normalized spacial score (nSPS) is 11.7. The molecular formula is C14H21N3O2. The summed E-state index contributed by atoms with van der Waals surface area (Å²) in [5, 5.41) is 8.53. The molecule has 0 unspecified atom stereocenters. The summed E-state index contributed by atoms with van der Waals surface area (Å²) in [6.45, 7) is 6.32. The molecule has 5 nitrogen and oxygen atoms in total. The Hall–Kier alpha value is -1.88. The van der Waals surface area contributed by atoms with Crippen molar-refractivity contribution in [3.05, 3.63) is 29.8 Å². The van der Waals surface area contributed by atoms with Crippen molar-refractivity contribution in [2.75, 3.05) is 18.4 Å². The molecule has 104 valence electrons.